The van der Waals surface area contributed by atoms with Crippen LogP contribution < -0.4 is 10.1 Å². The fraction of sp³-hybridized carbons (Fsp3) is 0.150. The molecular weight excluding hydrogens is 414 g/mol. The molecule has 0 spiro atoms. The number of ketones is 1. The summed E-state index contributed by atoms with van der Waals surface area (Å²) in [6.45, 7) is 1.02. The molecule has 2 aromatic rings. The van der Waals surface area contributed by atoms with Gasteiger partial charge in [0.05, 0.1) is 7.11 Å². The third-order valence-corrected chi connectivity index (χ3v) is 3.96. The molecule has 140 valence electrons. The normalized spacial score (nSPS) is 10.5. The Morgan fingerprint density at radius 2 is 1.81 bits per heavy atom. The number of carbonyl (C=O) groups excluding carboxylic acids is 3. The molecule has 0 saturated heterocycles. The average Bonchev–Trinajstić information content (AvgIpc) is 2.64. The SMILES string of the molecule is COc1ccc(Br)cc1/C=C/C(=O)OCC(=O)c1ccc(NC(C)=O)cc1. The first kappa shape index (κ1) is 20.4. The van der Waals surface area contributed by atoms with Gasteiger partial charge in [-0.2, -0.15) is 0 Å². The van der Waals surface area contributed by atoms with Gasteiger partial charge in [0.25, 0.3) is 0 Å². The number of hydrogen-bond donors (Lipinski definition) is 1. The number of carbonyl (C=O) groups is 3. The van der Waals surface area contributed by atoms with Crippen molar-refractivity contribution in [1.82, 2.24) is 0 Å². The zero-order valence-corrected chi connectivity index (χ0v) is 16.4. The topological polar surface area (TPSA) is 81.7 Å². The van der Waals surface area contributed by atoms with Crippen molar-refractivity contribution in [2.75, 3.05) is 19.0 Å². The third-order valence-electron chi connectivity index (χ3n) is 3.46. The minimum atomic E-state index is -0.639. The number of nitrogens with one attached hydrogen (secondary N) is 1. The molecule has 0 atom stereocenters. The van der Waals surface area contributed by atoms with Gasteiger partial charge >= 0.3 is 5.97 Å². The van der Waals surface area contributed by atoms with Crippen molar-refractivity contribution in [3.8, 4) is 5.75 Å². The van der Waals surface area contributed by atoms with Crippen LogP contribution in [0.15, 0.2) is 53.0 Å². The third kappa shape index (κ3) is 6.38. The Hall–Kier alpha value is -2.93. The quantitative estimate of drug-likeness (QED) is 0.408. The highest BCUT2D eigenvalue weighted by Gasteiger charge is 2.09. The van der Waals surface area contributed by atoms with Crippen LogP contribution in [0.3, 0.4) is 0 Å². The van der Waals surface area contributed by atoms with Crippen LogP contribution in [0.5, 0.6) is 5.75 Å². The van der Waals surface area contributed by atoms with Crippen LogP contribution in [0.2, 0.25) is 0 Å². The zero-order chi connectivity index (χ0) is 19.8. The molecule has 6 nitrogen and oxygen atoms in total. The first-order valence-corrected chi connectivity index (χ1v) is 8.77. The summed E-state index contributed by atoms with van der Waals surface area (Å²) in [6, 6.07) is 11.7. The van der Waals surface area contributed by atoms with Gasteiger partial charge in [0, 0.05) is 34.3 Å². The highest BCUT2D eigenvalue weighted by molar-refractivity contribution is 9.10. The second-order valence-corrected chi connectivity index (χ2v) is 6.42. The summed E-state index contributed by atoms with van der Waals surface area (Å²) in [7, 11) is 1.54. The number of rotatable bonds is 7. The fourth-order valence-corrected chi connectivity index (χ4v) is 2.58. The maximum Gasteiger partial charge on any atom is 0.331 e. The first-order chi connectivity index (χ1) is 12.9. The second-order valence-electron chi connectivity index (χ2n) is 5.51. The van der Waals surface area contributed by atoms with E-state index in [1.54, 1.807) is 42.5 Å². The van der Waals surface area contributed by atoms with E-state index in [2.05, 4.69) is 21.2 Å². The minimum absolute atomic E-state index is 0.197. The Kier molecular flexibility index (Phi) is 7.31. The van der Waals surface area contributed by atoms with Gasteiger partial charge in [-0.05, 0) is 48.5 Å². The number of esters is 1. The molecule has 0 aliphatic heterocycles. The molecule has 0 aliphatic carbocycles. The molecule has 0 heterocycles. The Balaban J connectivity index is 1.92. The molecule has 1 N–H and O–H groups in total. The maximum absolute atomic E-state index is 12.1. The number of halogens is 1. The number of anilines is 1. The van der Waals surface area contributed by atoms with Gasteiger partial charge in [0.2, 0.25) is 5.91 Å². The predicted octanol–water partition coefficient (Wildman–Crippen LogP) is 3.86. The Bertz CT molecular complexity index is 874. The first-order valence-electron chi connectivity index (χ1n) is 7.98. The molecule has 2 aromatic carbocycles. The smallest absolute Gasteiger partial charge is 0.331 e. The number of benzene rings is 2. The number of amides is 1. The number of Topliss-reactive ketones (excluding diaryl/α,β-unsaturated/α-hetero) is 1. The van der Waals surface area contributed by atoms with Gasteiger partial charge in [0.1, 0.15) is 5.75 Å². The highest BCUT2D eigenvalue weighted by atomic mass is 79.9. The molecule has 0 saturated carbocycles. The van der Waals surface area contributed by atoms with Crippen LogP contribution in [0.4, 0.5) is 5.69 Å². The van der Waals surface area contributed by atoms with Gasteiger partial charge in [0.15, 0.2) is 12.4 Å². The Labute approximate surface area is 165 Å². The van der Waals surface area contributed by atoms with Crippen molar-refractivity contribution in [1.29, 1.82) is 0 Å². The van der Waals surface area contributed by atoms with Crippen LogP contribution in [0, 0.1) is 0 Å². The predicted molar refractivity (Wildman–Crippen MR) is 106 cm³/mol. The lowest BCUT2D eigenvalue weighted by molar-refractivity contribution is -0.136. The lowest BCUT2D eigenvalue weighted by Gasteiger charge is -2.06. The van der Waals surface area contributed by atoms with Crippen molar-refractivity contribution in [2.45, 2.75) is 6.92 Å². The van der Waals surface area contributed by atoms with Gasteiger partial charge in [-0.15, -0.1) is 0 Å². The minimum Gasteiger partial charge on any atom is -0.496 e. The van der Waals surface area contributed by atoms with E-state index in [1.807, 2.05) is 6.07 Å². The fourth-order valence-electron chi connectivity index (χ4n) is 2.20. The monoisotopic (exact) mass is 431 g/mol. The van der Waals surface area contributed by atoms with E-state index >= 15 is 0 Å². The summed E-state index contributed by atoms with van der Waals surface area (Å²) < 4.78 is 11.0. The van der Waals surface area contributed by atoms with Crippen molar-refractivity contribution in [2.24, 2.45) is 0 Å². The average molecular weight is 432 g/mol. The van der Waals surface area contributed by atoms with E-state index < -0.39 is 5.97 Å². The molecule has 7 heteroatoms. The van der Waals surface area contributed by atoms with Crippen molar-refractivity contribution in [3.63, 3.8) is 0 Å². The van der Waals surface area contributed by atoms with E-state index in [1.165, 1.54) is 20.1 Å². The van der Waals surface area contributed by atoms with E-state index in [0.717, 1.165) is 4.47 Å². The lowest BCUT2D eigenvalue weighted by atomic mass is 10.1. The molecule has 0 unspecified atom stereocenters. The van der Waals surface area contributed by atoms with Gasteiger partial charge < -0.3 is 14.8 Å². The molecule has 27 heavy (non-hydrogen) atoms. The van der Waals surface area contributed by atoms with Crippen LogP contribution in [-0.4, -0.2) is 31.4 Å². The molecule has 0 radical (unpaired) electrons. The highest BCUT2D eigenvalue weighted by Crippen LogP contribution is 2.24. The number of ether oxygens (including phenoxy) is 2. The van der Waals surface area contributed by atoms with Gasteiger partial charge in [-0.25, -0.2) is 4.79 Å². The van der Waals surface area contributed by atoms with Gasteiger partial charge in [-0.1, -0.05) is 15.9 Å². The standard InChI is InChI=1S/C20H18BrNO5/c1-13(23)22-17-7-3-14(4-8-17)18(24)12-27-20(25)10-5-15-11-16(21)6-9-19(15)26-2/h3-11H,12H2,1-2H3,(H,22,23)/b10-5+. The summed E-state index contributed by atoms with van der Waals surface area (Å²) >= 11 is 3.35. The van der Waals surface area contributed by atoms with E-state index in [-0.39, 0.29) is 18.3 Å². The van der Waals surface area contributed by atoms with Crippen LogP contribution in [0.25, 0.3) is 6.08 Å². The second kappa shape index (κ2) is 9.68. The van der Waals surface area contributed by atoms with E-state index in [0.29, 0.717) is 22.6 Å². The van der Waals surface area contributed by atoms with Crippen molar-refractivity contribution < 1.29 is 23.9 Å². The summed E-state index contributed by atoms with van der Waals surface area (Å²) in [5.41, 5.74) is 1.67. The summed E-state index contributed by atoms with van der Waals surface area (Å²) in [5, 5.41) is 2.61. The summed E-state index contributed by atoms with van der Waals surface area (Å²) in [5.74, 6) is -0.569. The molecule has 2 rings (SSSR count). The van der Waals surface area contributed by atoms with Crippen LogP contribution in [-0.2, 0) is 14.3 Å². The molecule has 0 aromatic heterocycles. The maximum atomic E-state index is 12.1. The van der Waals surface area contributed by atoms with Crippen LogP contribution in [0.1, 0.15) is 22.8 Å². The molecule has 1 amide bonds. The summed E-state index contributed by atoms with van der Waals surface area (Å²) in [4.78, 5) is 34.9. The van der Waals surface area contributed by atoms with Crippen molar-refractivity contribution >= 4 is 45.4 Å². The van der Waals surface area contributed by atoms with E-state index in [9.17, 15) is 14.4 Å². The van der Waals surface area contributed by atoms with Crippen LogP contribution >= 0.6 is 15.9 Å². The van der Waals surface area contributed by atoms with E-state index in [4.69, 9.17) is 9.47 Å². The molecule has 0 aliphatic rings. The van der Waals surface area contributed by atoms with Gasteiger partial charge in [-0.3, -0.25) is 9.59 Å². The Morgan fingerprint density at radius 3 is 2.44 bits per heavy atom. The summed E-state index contributed by atoms with van der Waals surface area (Å²) in [6.07, 6.45) is 2.79. The molecule has 0 fully saturated rings. The number of hydrogen-bond acceptors (Lipinski definition) is 5. The van der Waals surface area contributed by atoms with Crippen molar-refractivity contribution in [3.05, 3.63) is 64.1 Å². The zero-order valence-electron chi connectivity index (χ0n) is 14.8. The molecule has 0 bridgehead atoms. The largest absolute Gasteiger partial charge is 0.496 e. The number of methoxy groups -OCH3 is 1. The lowest BCUT2D eigenvalue weighted by Crippen LogP contribution is -2.13. The molecular formula is C20H18BrNO5. The Morgan fingerprint density at radius 1 is 1.11 bits per heavy atom.